The normalized spacial score (nSPS) is 11.4. The van der Waals surface area contributed by atoms with Crippen LogP contribution in [-0.4, -0.2) is 33.1 Å². The van der Waals surface area contributed by atoms with Gasteiger partial charge in [0.1, 0.15) is 11.4 Å². The summed E-state index contributed by atoms with van der Waals surface area (Å²) in [5.41, 5.74) is -0.0501. The molecule has 0 bridgehead atoms. The van der Waals surface area contributed by atoms with Crippen molar-refractivity contribution >= 4 is 6.29 Å². The highest BCUT2D eigenvalue weighted by molar-refractivity contribution is 5.86. The van der Waals surface area contributed by atoms with E-state index in [1.54, 1.807) is 24.3 Å². The summed E-state index contributed by atoms with van der Waals surface area (Å²) in [6.07, 6.45) is -1.81. The molecule has 0 radical (unpaired) electrons. The molecule has 0 aliphatic heterocycles. The van der Waals surface area contributed by atoms with Gasteiger partial charge in [-0.3, -0.25) is 4.79 Å². The molecule has 128 valence electrons. The minimum absolute atomic E-state index is 0.200. The average molecular weight is 348 g/mol. The van der Waals surface area contributed by atoms with Crippen molar-refractivity contribution in [3.8, 4) is 23.0 Å². The summed E-state index contributed by atoms with van der Waals surface area (Å²) >= 11 is 0. The highest BCUT2D eigenvalue weighted by Gasteiger charge is 2.33. The van der Waals surface area contributed by atoms with E-state index < -0.39 is 11.9 Å². The molecular weight excluding hydrogens is 337 g/mol. The molecule has 0 N–H and O–H groups in total. The van der Waals surface area contributed by atoms with Gasteiger partial charge in [0.2, 0.25) is 0 Å². The Morgan fingerprint density at radius 2 is 1.88 bits per heavy atom. The van der Waals surface area contributed by atoms with Crippen molar-refractivity contribution in [3.05, 3.63) is 54.0 Å². The van der Waals surface area contributed by atoms with Gasteiger partial charge >= 0.3 is 6.18 Å². The lowest BCUT2D eigenvalue weighted by Crippen LogP contribution is -2.12. The fourth-order valence-electron chi connectivity index (χ4n) is 2.25. The highest BCUT2D eigenvalue weighted by Crippen LogP contribution is 2.29. The zero-order chi connectivity index (χ0) is 18.0. The van der Waals surface area contributed by atoms with Crippen LogP contribution >= 0.6 is 0 Å². The number of carbonyl (C=O) groups is 1. The van der Waals surface area contributed by atoms with E-state index in [0.29, 0.717) is 17.6 Å². The monoisotopic (exact) mass is 348 g/mol. The SMILES string of the molecule is COc1ccc(-c2c(C=O)cnn2-c2nccc(C(F)(F)F)n2)cc1. The summed E-state index contributed by atoms with van der Waals surface area (Å²) in [6, 6.07) is 7.41. The number of aldehydes is 1. The van der Waals surface area contributed by atoms with Crippen LogP contribution in [0.2, 0.25) is 0 Å². The number of alkyl halides is 3. The van der Waals surface area contributed by atoms with E-state index in [4.69, 9.17) is 4.74 Å². The van der Waals surface area contributed by atoms with Crippen LogP contribution in [-0.2, 0) is 6.18 Å². The van der Waals surface area contributed by atoms with Crippen LogP contribution in [0.5, 0.6) is 5.75 Å². The molecule has 0 saturated heterocycles. The zero-order valence-electron chi connectivity index (χ0n) is 12.9. The predicted octanol–water partition coefficient (Wildman–Crippen LogP) is 3.17. The molecule has 9 heteroatoms. The lowest BCUT2D eigenvalue weighted by atomic mass is 10.1. The third kappa shape index (κ3) is 3.21. The van der Waals surface area contributed by atoms with Crippen LogP contribution in [0, 0.1) is 0 Å². The second-order valence-electron chi connectivity index (χ2n) is 4.95. The number of ether oxygens (including phenoxy) is 1. The first-order chi connectivity index (χ1) is 11.9. The van der Waals surface area contributed by atoms with Crippen molar-refractivity contribution in [1.29, 1.82) is 0 Å². The molecule has 3 rings (SSSR count). The maximum atomic E-state index is 12.9. The maximum Gasteiger partial charge on any atom is 0.433 e. The van der Waals surface area contributed by atoms with E-state index >= 15 is 0 Å². The Bertz CT molecular complexity index is 904. The van der Waals surface area contributed by atoms with Gasteiger partial charge in [0.05, 0.1) is 24.6 Å². The predicted molar refractivity (Wildman–Crippen MR) is 81.5 cm³/mol. The number of benzene rings is 1. The lowest BCUT2D eigenvalue weighted by Gasteiger charge is -2.10. The first-order valence-corrected chi connectivity index (χ1v) is 7.02. The summed E-state index contributed by atoms with van der Waals surface area (Å²) in [5, 5.41) is 3.96. The van der Waals surface area contributed by atoms with Gasteiger partial charge in [-0.05, 0) is 30.3 Å². The molecule has 6 nitrogen and oxygen atoms in total. The van der Waals surface area contributed by atoms with Gasteiger partial charge in [-0.15, -0.1) is 0 Å². The number of rotatable bonds is 4. The van der Waals surface area contributed by atoms with E-state index in [9.17, 15) is 18.0 Å². The standard InChI is InChI=1S/C16H11F3N4O2/c1-25-12-4-2-10(3-5-12)14-11(9-24)8-21-23(14)15-20-7-6-13(22-15)16(17,18)19/h2-9H,1H3. The number of hydrogen-bond acceptors (Lipinski definition) is 5. The van der Waals surface area contributed by atoms with Crippen LogP contribution in [0.3, 0.4) is 0 Å². The number of nitrogens with zero attached hydrogens (tertiary/aromatic N) is 4. The molecule has 25 heavy (non-hydrogen) atoms. The largest absolute Gasteiger partial charge is 0.497 e. The summed E-state index contributed by atoms with van der Waals surface area (Å²) in [5.74, 6) is 0.312. The minimum atomic E-state index is -4.61. The summed E-state index contributed by atoms with van der Waals surface area (Å²) in [6.45, 7) is 0. The Morgan fingerprint density at radius 1 is 1.16 bits per heavy atom. The topological polar surface area (TPSA) is 69.9 Å². The maximum absolute atomic E-state index is 12.9. The highest BCUT2D eigenvalue weighted by atomic mass is 19.4. The number of carbonyl (C=O) groups excluding carboxylic acids is 1. The molecule has 0 amide bonds. The lowest BCUT2D eigenvalue weighted by molar-refractivity contribution is -0.141. The molecule has 0 atom stereocenters. The first kappa shape index (κ1) is 16.6. The smallest absolute Gasteiger partial charge is 0.433 e. The van der Waals surface area contributed by atoms with E-state index in [0.717, 1.165) is 16.9 Å². The summed E-state index contributed by atoms with van der Waals surface area (Å²) < 4.78 is 44.8. The molecule has 2 aromatic heterocycles. The van der Waals surface area contributed by atoms with Crippen molar-refractivity contribution in [1.82, 2.24) is 19.7 Å². The Kier molecular flexibility index (Phi) is 4.22. The van der Waals surface area contributed by atoms with Crippen LogP contribution < -0.4 is 4.74 Å². The number of aromatic nitrogens is 4. The van der Waals surface area contributed by atoms with Crippen LogP contribution in [0.1, 0.15) is 16.1 Å². The number of methoxy groups -OCH3 is 1. The van der Waals surface area contributed by atoms with Gasteiger partial charge in [-0.1, -0.05) is 0 Å². The zero-order valence-corrected chi connectivity index (χ0v) is 12.9. The number of hydrogen-bond donors (Lipinski definition) is 0. The second kappa shape index (κ2) is 6.34. The van der Waals surface area contributed by atoms with Gasteiger partial charge in [0.25, 0.3) is 5.95 Å². The minimum Gasteiger partial charge on any atom is -0.497 e. The van der Waals surface area contributed by atoms with Gasteiger partial charge in [-0.2, -0.15) is 23.0 Å². The van der Waals surface area contributed by atoms with Crippen molar-refractivity contribution in [2.24, 2.45) is 0 Å². The molecule has 0 spiro atoms. The molecule has 1 aromatic carbocycles. The molecule has 0 unspecified atom stereocenters. The van der Waals surface area contributed by atoms with Gasteiger partial charge in [0, 0.05) is 11.8 Å². The van der Waals surface area contributed by atoms with Crippen LogP contribution in [0.15, 0.2) is 42.7 Å². The van der Waals surface area contributed by atoms with Crippen LogP contribution in [0.4, 0.5) is 13.2 Å². The average Bonchev–Trinajstić information content (AvgIpc) is 3.05. The fourth-order valence-corrected chi connectivity index (χ4v) is 2.25. The van der Waals surface area contributed by atoms with E-state index in [2.05, 4.69) is 15.1 Å². The van der Waals surface area contributed by atoms with Crippen molar-refractivity contribution < 1.29 is 22.7 Å². The van der Waals surface area contributed by atoms with E-state index in [1.807, 2.05) is 0 Å². The second-order valence-corrected chi connectivity index (χ2v) is 4.95. The van der Waals surface area contributed by atoms with Crippen molar-refractivity contribution in [2.75, 3.05) is 7.11 Å². The quantitative estimate of drug-likeness (QED) is 0.678. The van der Waals surface area contributed by atoms with Crippen molar-refractivity contribution in [2.45, 2.75) is 6.18 Å². The molecule has 0 aliphatic rings. The van der Waals surface area contributed by atoms with Crippen LogP contribution in [0.25, 0.3) is 17.2 Å². The summed E-state index contributed by atoms with van der Waals surface area (Å²) in [7, 11) is 1.51. The molecule has 2 heterocycles. The molecule has 3 aromatic rings. The molecule has 0 fully saturated rings. The fraction of sp³-hybridized carbons (Fsp3) is 0.125. The third-order valence-electron chi connectivity index (χ3n) is 3.41. The Labute approximate surface area is 139 Å². The molecular formula is C16H11F3N4O2. The molecule has 0 aliphatic carbocycles. The number of halogens is 3. The van der Waals surface area contributed by atoms with E-state index in [1.165, 1.54) is 13.3 Å². The third-order valence-corrected chi connectivity index (χ3v) is 3.41. The van der Waals surface area contributed by atoms with Gasteiger partial charge < -0.3 is 4.74 Å². The summed E-state index contributed by atoms with van der Waals surface area (Å²) in [4.78, 5) is 18.6. The Hall–Kier alpha value is -3.23. The van der Waals surface area contributed by atoms with Gasteiger partial charge in [0.15, 0.2) is 6.29 Å². The Balaban J connectivity index is 2.15. The van der Waals surface area contributed by atoms with Crippen molar-refractivity contribution in [3.63, 3.8) is 0 Å². The van der Waals surface area contributed by atoms with Gasteiger partial charge in [-0.25, -0.2) is 9.97 Å². The van der Waals surface area contributed by atoms with E-state index in [-0.39, 0.29) is 17.2 Å². The molecule has 0 saturated carbocycles. The Morgan fingerprint density at radius 3 is 2.48 bits per heavy atom. The first-order valence-electron chi connectivity index (χ1n) is 7.02.